The molecule has 6 aromatic rings. The zero-order valence-electron chi connectivity index (χ0n) is 33.8. The third-order valence-electron chi connectivity index (χ3n) is 8.75. The number of rotatable bonds is 23. The summed E-state index contributed by atoms with van der Waals surface area (Å²) in [5.74, 6) is -1.28. The Morgan fingerprint density at radius 2 is 1.15 bits per heavy atom. The number of benzene rings is 4. The van der Waals surface area contributed by atoms with Gasteiger partial charge in [-0.1, -0.05) is 97.1 Å². The molecule has 0 aliphatic rings. The molecule has 0 saturated heterocycles. The number of nitrogens with two attached hydrogens (primary N) is 1. The van der Waals surface area contributed by atoms with Gasteiger partial charge in [-0.3, -0.25) is 33.0 Å². The van der Waals surface area contributed by atoms with Crippen LogP contribution in [0.25, 0.3) is 11.2 Å². The molecule has 2 unspecified atom stereocenters. The van der Waals surface area contributed by atoms with Gasteiger partial charge in [0.25, 0.3) is 5.56 Å². The molecule has 6 rings (SSSR count). The van der Waals surface area contributed by atoms with Gasteiger partial charge < -0.3 is 29.0 Å². The second-order valence-electron chi connectivity index (χ2n) is 13.5. The van der Waals surface area contributed by atoms with E-state index in [1.54, 1.807) is 109 Å². The molecule has 0 aliphatic heterocycles. The van der Waals surface area contributed by atoms with E-state index in [0.717, 1.165) is 20.5 Å². The number of imidazole rings is 1. The van der Waals surface area contributed by atoms with Crippen molar-refractivity contribution in [2.45, 2.75) is 26.0 Å². The van der Waals surface area contributed by atoms with Crippen LogP contribution < -0.4 is 20.3 Å². The van der Waals surface area contributed by atoms with E-state index in [1.807, 2.05) is 12.1 Å². The van der Waals surface area contributed by atoms with Crippen LogP contribution >= 0.6 is 15.5 Å². The number of nitrogens with zero attached hydrogens (tertiary/aromatic N) is 5. The van der Waals surface area contributed by atoms with Crippen molar-refractivity contribution in [3.63, 3.8) is 0 Å². The van der Waals surface area contributed by atoms with Crippen LogP contribution in [0.15, 0.2) is 132 Å². The maximum atomic E-state index is 14.7. The summed E-state index contributed by atoms with van der Waals surface area (Å²) in [4.78, 5) is 49.1. The monoisotopic (exact) mass is 889 g/mol. The number of esters is 2. The minimum Gasteiger partial charge on any atom is -0.460 e. The van der Waals surface area contributed by atoms with Crippen LogP contribution in [0.5, 0.6) is 11.5 Å². The second kappa shape index (κ2) is 21.6. The molecule has 19 nitrogen and oxygen atoms in total. The Hall–Kier alpha value is -6.17. The molecular formula is C41H45N7O12P2. The zero-order valence-corrected chi connectivity index (χ0v) is 35.5. The first-order chi connectivity index (χ1) is 29.9. The SMILES string of the molecule is CN(CC(=O)OCc1ccccc1)P(=O)(OCC(COP(=O)(Oc1ccccc1)N(C)CC(=O)OCc1ccccc1)OCn1cnc2c(=O)[nH]c(N)nc21)Oc1ccccc1. The molecule has 0 radical (unpaired) electrons. The normalized spacial score (nSPS) is 13.9. The van der Waals surface area contributed by atoms with Crippen molar-refractivity contribution >= 4 is 44.5 Å². The number of fused-ring (bicyclic) bond motifs is 1. The van der Waals surface area contributed by atoms with Crippen LogP contribution in [0.1, 0.15) is 11.1 Å². The van der Waals surface area contributed by atoms with Crippen LogP contribution in [0.4, 0.5) is 5.95 Å². The molecule has 0 spiro atoms. The van der Waals surface area contributed by atoms with Crippen LogP contribution in [0, 0.1) is 0 Å². The third kappa shape index (κ3) is 12.9. The van der Waals surface area contributed by atoms with Crippen molar-refractivity contribution in [3.05, 3.63) is 149 Å². The molecule has 62 heavy (non-hydrogen) atoms. The van der Waals surface area contributed by atoms with E-state index in [0.29, 0.717) is 0 Å². The lowest BCUT2D eigenvalue weighted by Crippen LogP contribution is -2.33. The summed E-state index contributed by atoms with van der Waals surface area (Å²) in [7, 11) is -6.14. The molecule has 0 aliphatic carbocycles. The fourth-order valence-electron chi connectivity index (χ4n) is 5.48. The molecule has 0 amide bonds. The molecule has 2 atom stereocenters. The number of aromatic amines is 1. The molecule has 2 heterocycles. The van der Waals surface area contributed by atoms with Gasteiger partial charge in [0.15, 0.2) is 11.2 Å². The number of ether oxygens (including phenoxy) is 3. The minimum atomic E-state index is -4.43. The number of nitrogen functional groups attached to an aromatic ring is 1. The van der Waals surface area contributed by atoms with Crippen LogP contribution in [-0.4, -0.2) is 87.3 Å². The van der Waals surface area contributed by atoms with Crippen molar-refractivity contribution in [2.75, 3.05) is 46.1 Å². The van der Waals surface area contributed by atoms with E-state index in [-0.39, 0.29) is 48.6 Å². The number of anilines is 1. The summed E-state index contributed by atoms with van der Waals surface area (Å²) < 4.78 is 73.7. The molecule has 2 aromatic heterocycles. The van der Waals surface area contributed by atoms with E-state index < -0.39 is 65.4 Å². The Bertz CT molecular complexity index is 2410. The van der Waals surface area contributed by atoms with E-state index in [2.05, 4.69) is 15.0 Å². The molecular weight excluding hydrogens is 844 g/mol. The van der Waals surface area contributed by atoms with Crippen molar-refractivity contribution in [3.8, 4) is 11.5 Å². The van der Waals surface area contributed by atoms with Gasteiger partial charge in [-0.2, -0.15) is 14.3 Å². The Balaban J connectivity index is 1.23. The molecule has 0 saturated carbocycles. The topological polar surface area (TPSA) is 229 Å². The van der Waals surface area contributed by atoms with Crippen molar-refractivity contribution < 1.29 is 51.0 Å². The number of carbonyl (C=O) groups is 2. The lowest BCUT2D eigenvalue weighted by Gasteiger charge is -2.30. The Kier molecular flexibility index (Phi) is 15.8. The number of hydrogen-bond donors (Lipinski definition) is 2. The van der Waals surface area contributed by atoms with Crippen molar-refractivity contribution in [2.24, 2.45) is 0 Å². The van der Waals surface area contributed by atoms with Crippen LogP contribution in [0.3, 0.4) is 0 Å². The van der Waals surface area contributed by atoms with Gasteiger partial charge in [0.2, 0.25) is 5.95 Å². The lowest BCUT2D eigenvalue weighted by atomic mass is 10.2. The summed E-state index contributed by atoms with van der Waals surface area (Å²) in [6, 6.07) is 34.4. The number of carbonyl (C=O) groups excluding carboxylic acids is 2. The number of nitrogens with one attached hydrogen (secondary N) is 1. The Morgan fingerprint density at radius 1 is 0.710 bits per heavy atom. The highest BCUT2D eigenvalue weighted by Gasteiger charge is 2.39. The summed E-state index contributed by atoms with van der Waals surface area (Å²) in [6.45, 7) is -2.54. The maximum absolute atomic E-state index is 14.7. The number of hydrogen-bond acceptors (Lipinski definition) is 15. The standard InChI is InChI=1S/C41H45N7O12P2/c1-46(23-36(49)54-25-31-15-7-3-8-16-31)61(52,59-33-19-11-5-12-20-33)57-27-35(56-30-48-29-43-38-39(48)44-41(42)45-40(38)51)28-58-62(53,60-34-21-13-6-14-22-34)47(2)24-37(50)55-26-32-17-9-4-10-18-32/h3-22,29,35H,23-28,30H2,1-2H3,(H3,42,44,45,51). The van der Waals surface area contributed by atoms with Gasteiger partial charge in [0, 0.05) is 0 Å². The van der Waals surface area contributed by atoms with Crippen molar-refractivity contribution in [1.29, 1.82) is 0 Å². The predicted octanol–water partition coefficient (Wildman–Crippen LogP) is 5.80. The average molecular weight is 890 g/mol. The molecule has 0 fully saturated rings. The van der Waals surface area contributed by atoms with E-state index in [1.165, 1.54) is 25.0 Å². The fraction of sp³-hybridized carbons (Fsp3) is 0.244. The first-order valence-electron chi connectivity index (χ1n) is 19.0. The molecule has 0 bridgehead atoms. The third-order valence-corrected chi connectivity index (χ3v) is 12.5. The van der Waals surface area contributed by atoms with E-state index in [9.17, 15) is 23.5 Å². The summed E-state index contributed by atoms with van der Waals surface area (Å²) in [5.41, 5.74) is 6.78. The summed E-state index contributed by atoms with van der Waals surface area (Å²) in [6.07, 6.45) is 0.0470. The van der Waals surface area contributed by atoms with Crippen LogP contribution in [0.2, 0.25) is 0 Å². The fourth-order valence-corrected chi connectivity index (χ4v) is 8.32. The Morgan fingerprint density at radius 3 is 1.60 bits per heavy atom. The largest absolute Gasteiger partial charge is 0.461 e. The van der Waals surface area contributed by atoms with Gasteiger partial charge in [0.1, 0.15) is 50.6 Å². The van der Waals surface area contributed by atoms with Gasteiger partial charge >= 0.3 is 27.4 Å². The molecule has 4 aromatic carbocycles. The van der Waals surface area contributed by atoms with Gasteiger partial charge in [-0.15, -0.1) is 0 Å². The van der Waals surface area contributed by atoms with E-state index in [4.69, 9.17) is 38.0 Å². The number of para-hydroxylation sites is 2. The highest BCUT2D eigenvalue weighted by Crippen LogP contribution is 2.53. The number of H-pyrrole nitrogens is 1. The average Bonchev–Trinajstić information content (AvgIpc) is 3.69. The lowest BCUT2D eigenvalue weighted by molar-refractivity contribution is -0.146. The van der Waals surface area contributed by atoms with Crippen molar-refractivity contribution in [1.82, 2.24) is 28.9 Å². The molecule has 21 heteroatoms. The first-order valence-corrected chi connectivity index (χ1v) is 22.0. The Labute approximate surface area is 356 Å². The van der Waals surface area contributed by atoms with Gasteiger partial charge in [-0.25, -0.2) is 14.1 Å². The highest BCUT2D eigenvalue weighted by atomic mass is 31.2. The number of aromatic nitrogens is 4. The van der Waals surface area contributed by atoms with Crippen LogP contribution in [-0.2, 0) is 61.9 Å². The second-order valence-corrected chi connectivity index (χ2v) is 17.6. The smallest absolute Gasteiger partial charge is 0.460 e. The minimum absolute atomic E-state index is 0.0186. The highest BCUT2D eigenvalue weighted by molar-refractivity contribution is 7.52. The van der Waals surface area contributed by atoms with Gasteiger partial charge in [-0.05, 0) is 49.5 Å². The maximum Gasteiger partial charge on any atom is 0.461 e. The number of likely N-dealkylation sites (N-methyl/N-ethyl adjacent to an activating group) is 2. The first kappa shape index (κ1) is 45.4. The summed E-state index contributed by atoms with van der Waals surface area (Å²) in [5, 5.41) is 0. The van der Waals surface area contributed by atoms with Gasteiger partial charge in [0.05, 0.1) is 19.5 Å². The molecule has 326 valence electrons. The zero-order chi connectivity index (χ0) is 44.0. The quantitative estimate of drug-likeness (QED) is 0.0572. The predicted molar refractivity (Wildman–Crippen MR) is 226 cm³/mol. The van der Waals surface area contributed by atoms with E-state index >= 15 is 0 Å². The summed E-state index contributed by atoms with van der Waals surface area (Å²) >= 11 is 0. The molecule has 3 N–H and O–H groups in total.